The fourth-order valence-corrected chi connectivity index (χ4v) is 2.52. The first-order chi connectivity index (χ1) is 9.29. The van der Waals surface area contributed by atoms with Crippen molar-refractivity contribution in [1.29, 1.82) is 0 Å². The second kappa shape index (κ2) is 5.01. The van der Waals surface area contributed by atoms with Crippen LogP contribution in [-0.2, 0) is 13.1 Å². The van der Waals surface area contributed by atoms with Gasteiger partial charge in [0.2, 0.25) is 0 Å². The molecule has 0 amide bonds. The molecule has 1 atom stereocenters. The SMILES string of the molecule is CNC(C)c1cccnc1N1CCn2ccnc2C1. The molecule has 0 bridgehead atoms. The van der Waals surface area contributed by atoms with Crippen molar-refractivity contribution in [3.63, 3.8) is 0 Å². The summed E-state index contributed by atoms with van der Waals surface area (Å²) < 4.78 is 2.21. The molecule has 0 spiro atoms. The van der Waals surface area contributed by atoms with Crippen LogP contribution in [0, 0.1) is 0 Å². The maximum Gasteiger partial charge on any atom is 0.133 e. The summed E-state index contributed by atoms with van der Waals surface area (Å²) in [5, 5.41) is 3.29. The zero-order valence-electron chi connectivity index (χ0n) is 11.4. The Morgan fingerprint density at radius 2 is 2.16 bits per heavy atom. The van der Waals surface area contributed by atoms with Gasteiger partial charge in [0.15, 0.2) is 0 Å². The fourth-order valence-electron chi connectivity index (χ4n) is 2.52. The van der Waals surface area contributed by atoms with Gasteiger partial charge < -0.3 is 14.8 Å². The van der Waals surface area contributed by atoms with Crippen molar-refractivity contribution in [3.8, 4) is 0 Å². The molecule has 100 valence electrons. The topological polar surface area (TPSA) is 46.0 Å². The number of pyridine rings is 1. The van der Waals surface area contributed by atoms with Crippen LogP contribution >= 0.6 is 0 Å². The van der Waals surface area contributed by atoms with Gasteiger partial charge in [-0.05, 0) is 20.0 Å². The average Bonchev–Trinajstić information content (AvgIpc) is 2.93. The molecule has 1 aliphatic rings. The van der Waals surface area contributed by atoms with Gasteiger partial charge in [-0.2, -0.15) is 0 Å². The molecule has 5 heteroatoms. The summed E-state index contributed by atoms with van der Waals surface area (Å²) in [5.74, 6) is 2.18. The monoisotopic (exact) mass is 257 g/mol. The van der Waals surface area contributed by atoms with Crippen molar-refractivity contribution < 1.29 is 0 Å². The lowest BCUT2D eigenvalue weighted by Crippen LogP contribution is -2.35. The number of rotatable bonds is 3. The summed E-state index contributed by atoms with van der Waals surface area (Å²) in [6.07, 6.45) is 5.78. The Kier molecular flexibility index (Phi) is 3.21. The number of fused-ring (bicyclic) bond motifs is 1. The van der Waals surface area contributed by atoms with E-state index in [1.54, 1.807) is 0 Å². The van der Waals surface area contributed by atoms with E-state index < -0.39 is 0 Å². The smallest absolute Gasteiger partial charge is 0.133 e. The minimum absolute atomic E-state index is 0.297. The van der Waals surface area contributed by atoms with Gasteiger partial charge in [0, 0.05) is 43.3 Å². The van der Waals surface area contributed by atoms with Gasteiger partial charge in [-0.15, -0.1) is 0 Å². The third-order valence-corrected chi connectivity index (χ3v) is 3.76. The first-order valence-corrected chi connectivity index (χ1v) is 6.66. The third-order valence-electron chi connectivity index (χ3n) is 3.76. The lowest BCUT2D eigenvalue weighted by molar-refractivity contribution is 0.549. The number of hydrogen-bond donors (Lipinski definition) is 1. The van der Waals surface area contributed by atoms with Crippen LogP contribution in [0.2, 0.25) is 0 Å². The molecule has 0 radical (unpaired) electrons. The predicted octanol–water partition coefficient (Wildman–Crippen LogP) is 1.58. The van der Waals surface area contributed by atoms with Crippen LogP contribution in [0.5, 0.6) is 0 Å². The molecular formula is C14H19N5. The van der Waals surface area contributed by atoms with Crippen LogP contribution in [-0.4, -0.2) is 28.1 Å². The number of hydrogen-bond acceptors (Lipinski definition) is 4. The Bertz CT molecular complexity index is 562. The van der Waals surface area contributed by atoms with Crippen LogP contribution in [0.4, 0.5) is 5.82 Å². The number of nitrogens with one attached hydrogen (secondary N) is 1. The van der Waals surface area contributed by atoms with Crippen molar-refractivity contribution in [2.24, 2.45) is 0 Å². The summed E-state index contributed by atoms with van der Waals surface area (Å²) in [6.45, 7) is 4.93. The van der Waals surface area contributed by atoms with Gasteiger partial charge in [-0.3, -0.25) is 0 Å². The molecule has 0 fully saturated rings. The standard InChI is InChI=1S/C14H19N5/c1-11(15-2)12-4-3-5-17-14(12)19-9-8-18-7-6-16-13(18)10-19/h3-7,11,15H,8-10H2,1-2H3. The highest BCUT2D eigenvalue weighted by molar-refractivity contribution is 5.48. The summed E-state index contributed by atoms with van der Waals surface area (Å²) in [7, 11) is 1.98. The summed E-state index contributed by atoms with van der Waals surface area (Å²) in [6, 6.07) is 4.44. The van der Waals surface area contributed by atoms with E-state index in [0.29, 0.717) is 6.04 Å². The summed E-state index contributed by atoms with van der Waals surface area (Å²) >= 11 is 0. The predicted molar refractivity (Wildman–Crippen MR) is 75.0 cm³/mol. The molecule has 1 unspecified atom stereocenters. The fraction of sp³-hybridized carbons (Fsp3) is 0.429. The highest BCUT2D eigenvalue weighted by Gasteiger charge is 2.21. The van der Waals surface area contributed by atoms with E-state index in [1.807, 2.05) is 31.7 Å². The van der Waals surface area contributed by atoms with Gasteiger partial charge in [0.05, 0.1) is 6.54 Å². The highest BCUT2D eigenvalue weighted by Crippen LogP contribution is 2.26. The molecule has 1 N–H and O–H groups in total. The number of anilines is 1. The van der Waals surface area contributed by atoms with Crippen molar-refractivity contribution in [2.45, 2.75) is 26.1 Å². The van der Waals surface area contributed by atoms with Crippen molar-refractivity contribution in [3.05, 3.63) is 42.1 Å². The molecule has 0 aliphatic carbocycles. The lowest BCUT2D eigenvalue weighted by Gasteiger charge is -2.31. The van der Waals surface area contributed by atoms with E-state index in [0.717, 1.165) is 31.3 Å². The molecule has 2 aromatic heterocycles. The van der Waals surface area contributed by atoms with Gasteiger partial charge in [-0.25, -0.2) is 9.97 Å². The Labute approximate surface area is 113 Å². The molecule has 1 aliphatic heterocycles. The highest BCUT2D eigenvalue weighted by atomic mass is 15.3. The number of imidazole rings is 1. The molecule has 0 saturated heterocycles. The second-order valence-electron chi connectivity index (χ2n) is 4.89. The van der Waals surface area contributed by atoms with Crippen LogP contribution in [0.3, 0.4) is 0 Å². The van der Waals surface area contributed by atoms with E-state index in [-0.39, 0.29) is 0 Å². The van der Waals surface area contributed by atoms with Crippen LogP contribution in [0.15, 0.2) is 30.7 Å². The first-order valence-electron chi connectivity index (χ1n) is 6.66. The van der Waals surface area contributed by atoms with Gasteiger partial charge in [0.25, 0.3) is 0 Å². The van der Waals surface area contributed by atoms with Crippen LogP contribution in [0.25, 0.3) is 0 Å². The molecule has 0 aromatic carbocycles. The largest absolute Gasteiger partial charge is 0.347 e. The Hall–Kier alpha value is -1.88. The number of nitrogens with zero attached hydrogens (tertiary/aromatic N) is 4. The van der Waals surface area contributed by atoms with E-state index in [1.165, 1.54) is 5.56 Å². The Balaban J connectivity index is 1.91. The van der Waals surface area contributed by atoms with Crippen molar-refractivity contribution in [1.82, 2.24) is 19.9 Å². The van der Waals surface area contributed by atoms with Crippen molar-refractivity contribution >= 4 is 5.82 Å². The van der Waals surface area contributed by atoms with Crippen LogP contribution in [0.1, 0.15) is 24.4 Å². The summed E-state index contributed by atoms with van der Waals surface area (Å²) in [5.41, 5.74) is 1.24. The molecule has 5 nitrogen and oxygen atoms in total. The zero-order valence-corrected chi connectivity index (χ0v) is 11.4. The van der Waals surface area contributed by atoms with E-state index in [2.05, 4.69) is 37.7 Å². The third kappa shape index (κ3) is 2.21. The molecular weight excluding hydrogens is 238 g/mol. The van der Waals surface area contributed by atoms with Crippen LogP contribution < -0.4 is 10.2 Å². The van der Waals surface area contributed by atoms with E-state index >= 15 is 0 Å². The minimum Gasteiger partial charge on any atom is -0.347 e. The van der Waals surface area contributed by atoms with Gasteiger partial charge in [-0.1, -0.05) is 6.07 Å². The van der Waals surface area contributed by atoms with Crippen molar-refractivity contribution in [2.75, 3.05) is 18.5 Å². The normalized spacial score (nSPS) is 16.2. The molecule has 3 heterocycles. The Morgan fingerprint density at radius 1 is 1.26 bits per heavy atom. The van der Waals surface area contributed by atoms with E-state index in [9.17, 15) is 0 Å². The molecule has 19 heavy (non-hydrogen) atoms. The lowest BCUT2D eigenvalue weighted by atomic mass is 10.1. The molecule has 3 rings (SSSR count). The van der Waals surface area contributed by atoms with Gasteiger partial charge in [0.1, 0.15) is 11.6 Å². The quantitative estimate of drug-likeness (QED) is 0.907. The maximum absolute atomic E-state index is 4.58. The second-order valence-corrected chi connectivity index (χ2v) is 4.89. The zero-order chi connectivity index (χ0) is 13.2. The molecule has 2 aromatic rings. The minimum atomic E-state index is 0.297. The first kappa shape index (κ1) is 12.2. The van der Waals surface area contributed by atoms with Gasteiger partial charge >= 0.3 is 0 Å². The Morgan fingerprint density at radius 3 is 3.00 bits per heavy atom. The maximum atomic E-state index is 4.58. The average molecular weight is 257 g/mol. The van der Waals surface area contributed by atoms with E-state index in [4.69, 9.17) is 0 Å². The molecule has 0 saturated carbocycles. The summed E-state index contributed by atoms with van der Waals surface area (Å²) in [4.78, 5) is 11.3. The number of aromatic nitrogens is 3.